The number of fused-ring (bicyclic) bond motifs is 1. The van der Waals surface area contributed by atoms with Crippen molar-refractivity contribution < 1.29 is 13.2 Å². The number of piperidine rings is 1. The molecule has 0 radical (unpaired) electrons. The molecule has 2 aliphatic heterocycles. The number of rotatable bonds is 3. The van der Waals surface area contributed by atoms with Crippen LogP contribution in [0, 0.1) is 5.92 Å². The van der Waals surface area contributed by atoms with E-state index >= 15 is 0 Å². The molecule has 2 aliphatic rings. The predicted molar refractivity (Wildman–Crippen MR) is 94.0 cm³/mol. The van der Waals surface area contributed by atoms with E-state index in [4.69, 9.17) is 0 Å². The van der Waals surface area contributed by atoms with Crippen molar-refractivity contribution in [1.82, 2.24) is 8.61 Å². The van der Waals surface area contributed by atoms with Crippen LogP contribution < -0.4 is 4.90 Å². The van der Waals surface area contributed by atoms with Crippen molar-refractivity contribution >= 4 is 21.8 Å². The average molecular weight is 351 g/mol. The lowest BCUT2D eigenvalue weighted by Crippen LogP contribution is -2.48. The van der Waals surface area contributed by atoms with Crippen molar-refractivity contribution in [1.29, 1.82) is 0 Å². The third-order valence-electron chi connectivity index (χ3n) is 5.04. The summed E-state index contributed by atoms with van der Waals surface area (Å²) >= 11 is 0. The van der Waals surface area contributed by atoms with Gasteiger partial charge >= 0.3 is 0 Å². The molecule has 24 heavy (non-hydrogen) atoms. The average Bonchev–Trinajstić information content (AvgIpc) is 2.90. The SMILES string of the molecule is CC1Cc2ccccc2N1C(=O)C1CCN(S(=O)(=O)N(C)C)CC1. The Morgan fingerprint density at radius 1 is 1.17 bits per heavy atom. The Kier molecular flexibility index (Phi) is 4.68. The third-order valence-corrected chi connectivity index (χ3v) is 6.98. The summed E-state index contributed by atoms with van der Waals surface area (Å²) in [5.74, 6) is 0.0292. The Bertz CT molecular complexity index is 724. The monoisotopic (exact) mass is 351 g/mol. The zero-order valence-corrected chi connectivity index (χ0v) is 15.3. The molecule has 2 heterocycles. The largest absolute Gasteiger partial charge is 0.309 e. The standard InChI is InChI=1S/C17H25N3O3S/c1-13-12-15-6-4-5-7-16(15)20(13)17(21)14-8-10-19(11-9-14)24(22,23)18(2)3/h4-7,13-14H,8-12H2,1-3H3. The quantitative estimate of drug-likeness (QED) is 0.829. The summed E-state index contributed by atoms with van der Waals surface area (Å²) in [7, 11) is -0.312. The Morgan fingerprint density at radius 2 is 1.79 bits per heavy atom. The molecule has 132 valence electrons. The molecule has 0 saturated carbocycles. The number of hydrogen-bond acceptors (Lipinski definition) is 3. The van der Waals surface area contributed by atoms with Gasteiger partial charge in [0.2, 0.25) is 5.91 Å². The molecule has 1 aromatic rings. The molecule has 3 rings (SSSR count). The molecule has 1 amide bonds. The van der Waals surface area contributed by atoms with Gasteiger partial charge in [-0.25, -0.2) is 0 Å². The highest BCUT2D eigenvalue weighted by Crippen LogP contribution is 2.34. The molecular weight excluding hydrogens is 326 g/mol. The fourth-order valence-corrected chi connectivity index (χ4v) is 4.80. The number of nitrogens with zero attached hydrogens (tertiary/aromatic N) is 3. The minimum absolute atomic E-state index is 0.104. The fourth-order valence-electron chi connectivity index (χ4n) is 3.66. The summed E-state index contributed by atoms with van der Waals surface area (Å²) in [5, 5.41) is 0. The van der Waals surface area contributed by atoms with Gasteiger partial charge in [-0.2, -0.15) is 17.0 Å². The number of para-hydroxylation sites is 1. The van der Waals surface area contributed by atoms with Crippen LogP contribution in [0.1, 0.15) is 25.3 Å². The molecule has 6 nitrogen and oxygen atoms in total. The molecule has 1 aromatic carbocycles. The second kappa shape index (κ2) is 6.46. The predicted octanol–water partition coefficient (Wildman–Crippen LogP) is 1.48. The maximum absolute atomic E-state index is 13.0. The first-order valence-corrected chi connectivity index (χ1v) is 9.80. The Hall–Kier alpha value is -1.44. The second-order valence-electron chi connectivity index (χ2n) is 6.85. The highest BCUT2D eigenvalue weighted by Gasteiger charge is 2.38. The van der Waals surface area contributed by atoms with Gasteiger partial charge < -0.3 is 4.90 Å². The van der Waals surface area contributed by atoms with Crippen LogP contribution in [0.3, 0.4) is 0 Å². The van der Waals surface area contributed by atoms with Crippen molar-refractivity contribution in [3.8, 4) is 0 Å². The van der Waals surface area contributed by atoms with E-state index in [9.17, 15) is 13.2 Å². The summed E-state index contributed by atoms with van der Waals surface area (Å²) in [6, 6.07) is 8.21. The number of hydrogen-bond donors (Lipinski definition) is 0. The first-order valence-electron chi connectivity index (χ1n) is 8.41. The lowest BCUT2D eigenvalue weighted by molar-refractivity contribution is -0.123. The van der Waals surface area contributed by atoms with Gasteiger partial charge in [-0.15, -0.1) is 0 Å². The third kappa shape index (κ3) is 2.96. The lowest BCUT2D eigenvalue weighted by atomic mass is 9.96. The van der Waals surface area contributed by atoms with E-state index in [-0.39, 0.29) is 17.9 Å². The van der Waals surface area contributed by atoms with Gasteiger partial charge in [-0.3, -0.25) is 4.79 Å². The second-order valence-corrected chi connectivity index (χ2v) is 9.00. The maximum atomic E-state index is 13.0. The Labute approximate surface area is 144 Å². The molecule has 7 heteroatoms. The molecule has 1 fully saturated rings. The van der Waals surface area contributed by atoms with Gasteiger partial charge in [0.25, 0.3) is 10.2 Å². The number of carbonyl (C=O) groups is 1. The van der Waals surface area contributed by atoms with Crippen molar-refractivity contribution in [2.75, 3.05) is 32.1 Å². The van der Waals surface area contributed by atoms with Gasteiger partial charge in [0, 0.05) is 44.8 Å². The first-order chi connectivity index (χ1) is 11.3. The van der Waals surface area contributed by atoms with E-state index in [1.807, 2.05) is 23.1 Å². The van der Waals surface area contributed by atoms with Crippen molar-refractivity contribution in [2.45, 2.75) is 32.2 Å². The number of carbonyl (C=O) groups excluding carboxylic acids is 1. The van der Waals surface area contributed by atoms with Gasteiger partial charge in [0.15, 0.2) is 0 Å². The highest BCUT2D eigenvalue weighted by atomic mass is 32.2. The fraction of sp³-hybridized carbons (Fsp3) is 0.588. The zero-order chi connectivity index (χ0) is 17.5. The van der Waals surface area contributed by atoms with Crippen LogP contribution in [0.25, 0.3) is 0 Å². The minimum atomic E-state index is -3.39. The van der Waals surface area contributed by atoms with Gasteiger partial charge in [-0.05, 0) is 37.8 Å². The summed E-state index contributed by atoms with van der Waals surface area (Å²) in [5.41, 5.74) is 2.23. The topological polar surface area (TPSA) is 60.9 Å². The number of amides is 1. The van der Waals surface area contributed by atoms with E-state index in [1.54, 1.807) is 0 Å². The van der Waals surface area contributed by atoms with Crippen molar-refractivity contribution in [3.05, 3.63) is 29.8 Å². The van der Waals surface area contributed by atoms with E-state index in [0.29, 0.717) is 25.9 Å². The van der Waals surface area contributed by atoms with E-state index in [2.05, 4.69) is 13.0 Å². The molecule has 0 bridgehead atoms. The van der Waals surface area contributed by atoms with Gasteiger partial charge in [0.05, 0.1) is 0 Å². The molecule has 1 saturated heterocycles. The Balaban J connectivity index is 1.70. The summed E-state index contributed by atoms with van der Waals surface area (Å²) in [6.07, 6.45) is 2.05. The van der Waals surface area contributed by atoms with Crippen LogP contribution >= 0.6 is 0 Å². The smallest absolute Gasteiger partial charge is 0.281 e. The summed E-state index contributed by atoms with van der Waals surface area (Å²) in [4.78, 5) is 14.9. The van der Waals surface area contributed by atoms with Crippen LogP contribution in [-0.2, 0) is 21.4 Å². The molecule has 1 unspecified atom stereocenters. The minimum Gasteiger partial charge on any atom is -0.309 e. The van der Waals surface area contributed by atoms with Gasteiger partial charge in [0.1, 0.15) is 0 Å². The van der Waals surface area contributed by atoms with Crippen LogP contribution in [0.4, 0.5) is 5.69 Å². The summed E-state index contributed by atoms with van der Waals surface area (Å²) < 4.78 is 27.1. The van der Waals surface area contributed by atoms with Crippen molar-refractivity contribution in [2.24, 2.45) is 5.92 Å². The molecule has 1 atom stereocenters. The van der Waals surface area contributed by atoms with Crippen molar-refractivity contribution in [3.63, 3.8) is 0 Å². The summed E-state index contributed by atoms with van der Waals surface area (Å²) in [6.45, 7) is 2.88. The highest BCUT2D eigenvalue weighted by molar-refractivity contribution is 7.86. The maximum Gasteiger partial charge on any atom is 0.281 e. The molecule has 0 aromatic heterocycles. The molecule has 0 spiro atoms. The van der Waals surface area contributed by atoms with Crippen LogP contribution in [0.15, 0.2) is 24.3 Å². The van der Waals surface area contributed by atoms with Crippen LogP contribution in [0.2, 0.25) is 0 Å². The molecule has 0 aliphatic carbocycles. The van der Waals surface area contributed by atoms with Crippen LogP contribution in [0.5, 0.6) is 0 Å². The first kappa shape index (κ1) is 17.4. The number of benzene rings is 1. The van der Waals surface area contributed by atoms with E-state index < -0.39 is 10.2 Å². The number of anilines is 1. The molecule has 0 N–H and O–H groups in total. The van der Waals surface area contributed by atoms with E-state index in [1.165, 1.54) is 28.3 Å². The Morgan fingerprint density at radius 3 is 2.42 bits per heavy atom. The lowest BCUT2D eigenvalue weighted by Gasteiger charge is -2.34. The molecular formula is C17H25N3O3S. The van der Waals surface area contributed by atoms with E-state index in [0.717, 1.165) is 12.1 Å². The van der Waals surface area contributed by atoms with Crippen LogP contribution in [-0.4, -0.2) is 56.2 Å². The normalized spacial score (nSPS) is 22.8. The zero-order valence-electron chi connectivity index (χ0n) is 14.5. The van der Waals surface area contributed by atoms with Gasteiger partial charge in [-0.1, -0.05) is 18.2 Å².